The topological polar surface area (TPSA) is 36.4 Å². The van der Waals surface area contributed by atoms with Crippen molar-refractivity contribution in [3.05, 3.63) is 53.5 Å². The van der Waals surface area contributed by atoms with Gasteiger partial charge in [-0.25, -0.2) is 9.37 Å². The number of benzene rings is 1. The highest BCUT2D eigenvalue weighted by Crippen LogP contribution is 2.34. The SMILES string of the molecule is C[C@H](O)c1ccnc(N2CCc3ccc(F)cc32)c1. The van der Waals surface area contributed by atoms with Crippen molar-refractivity contribution in [1.29, 1.82) is 0 Å². The largest absolute Gasteiger partial charge is 0.389 e. The first-order valence-corrected chi connectivity index (χ1v) is 6.35. The van der Waals surface area contributed by atoms with Gasteiger partial charge in [-0.1, -0.05) is 6.07 Å². The summed E-state index contributed by atoms with van der Waals surface area (Å²) < 4.78 is 13.4. The van der Waals surface area contributed by atoms with Crippen LogP contribution in [-0.4, -0.2) is 16.6 Å². The van der Waals surface area contributed by atoms with Gasteiger partial charge in [0.2, 0.25) is 0 Å². The zero-order chi connectivity index (χ0) is 13.4. The lowest BCUT2D eigenvalue weighted by atomic mass is 10.1. The molecule has 1 aromatic heterocycles. The van der Waals surface area contributed by atoms with Crippen LogP contribution in [0.15, 0.2) is 36.5 Å². The molecule has 98 valence electrons. The first-order valence-electron chi connectivity index (χ1n) is 6.35. The van der Waals surface area contributed by atoms with Crippen molar-refractivity contribution >= 4 is 11.5 Å². The summed E-state index contributed by atoms with van der Waals surface area (Å²) in [5, 5.41) is 9.62. The van der Waals surface area contributed by atoms with Crippen LogP contribution in [0, 0.1) is 5.82 Å². The number of halogens is 1. The molecule has 2 aromatic rings. The van der Waals surface area contributed by atoms with Crippen LogP contribution in [0.2, 0.25) is 0 Å². The van der Waals surface area contributed by atoms with Gasteiger partial charge in [-0.15, -0.1) is 0 Å². The highest BCUT2D eigenvalue weighted by molar-refractivity contribution is 5.67. The summed E-state index contributed by atoms with van der Waals surface area (Å²) in [4.78, 5) is 6.32. The zero-order valence-electron chi connectivity index (χ0n) is 10.7. The van der Waals surface area contributed by atoms with Gasteiger partial charge in [-0.05, 0) is 48.7 Å². The predicted octanol–water partition coefficient (Wildman–Crippen LogP) is 2.97. The lowest BCUT2D eigenvalue weighted by Gasteiger charge is -2.19. The molecule has 0 amide bonds. The summed E-state index contributed by atoms with van der Waals surface area (Å²) >= 11 is 0. The van der Waals surface area contributed by atoms with E-state index in [0.29, 0.717) is 0 Å². The van der Waals surface area contributed by atoms with E-state index in [0.717, 1.165) is 35.6 Å². The molecule has 1 aliphatic heterocycles. The van der Waals surface area contributed by atoms with E-state index in [1.54, 1.807) is 25.3 Å². The van der Waals surface area contributed by atoms with Crippen molar-refractivity contribution in [3.63, 3.8) is 0 Å². The molecule has 2 heterocycles. The summed E-state index contributed by atoms with van der Waals surface area (Å²) in [7, 11) is 0. The maximum absolute atomic E-state index is 13.4. The lowest BCUT2D eigenvalue weighted by molar-refractivity contribution is 0.199. The van der Waals surface area contributed by atoms with Gasteiger partial charge in [-0.2, -0.15) is 0 Å². The number of pyridine rings is 1. The van der Waals surface area contributed by atoms with Crippen LogP contribution in [0.1, 0.15) is 24.2 Å². The minimum Gasteiger partial charge on any atom is -0.389 e. The third-order valence-corrected chi connectivity index (χ3v) is 3.47. The number of rotatable bonds is 2. The molecule has 1 aromatic carbocycles. The van der Waals surface area contributed by atoms with Crippen molar-refractivity contribution in [2.75, 3.05) is 11.4 Å². The molecule has 3 nitrogen and oxygen atoms in total. The van der Waals surface area contributed by atoms with E-state index >= 15 is 0 Å². The molecule has 1 N–H and O–H groups in total. The Morgan fingerprint density at radius 3 is 2.95 bits per heavy atom. The fourth-order valence-corrected chi connectivity index (χ4v) is 2.43. The second-order valence-electron chi connectivity index (χ2n) is 4.80. The molecule has 1 aliphatic rings. The molecule has 1 atom stereocenters. The Kier molecular flexibility index (Phi) is 2.95. The second-order valence-corrected chi connectivity index (χ2v) is 4.80. The van der Waals surface area contributed by atoms with E-state index < -0.39 is 6.10 Å². The minimum atomic E-state index is -0.531. The molecule has 0 aliphatic carbocycles. The van der Waals surface area contributed by atoms with E-state index in [1.807, 2.05) is 17.0 Å². The van der Waals surface area contributed by atoms with Crippen LogP contribution in [0.4, 0.5) is 15.9 Å². The Morgan fingerprint density at radius 2 is 2.16 bits per heavy atom. The number of aliphatic hydroxyl groups is 1. The Bertz CT molecular complexity index is 613. The van der Waals surface area contributed by atoms with Gasteiger partial charge in [0.25, 0.3) is 0 Å². The summed E-state index contributed by atoms with van der Waals surface area (Å²) in [6.45, 7) is 2.51. The van der Waals surface area contributed by atoms with Crippen LogP contribution in [0.3, 0.4) is 0 Å². The van der Waals surface area contributed by atoms with Crippen LogP contribution in [0.25, 0.3) is 0 Å². The molecule has 19 heavy (non-hydrogen) atoms. The molecule has 0 unspecified atom stereocenters. The Labute approximate surface area is 111 Å². The average Bonchev–Trinajstić information content (AvgIpc) is 2.81. The monoisotopic (exact) mass is 258 g/mol. The van der Waals surface area contributed by atoms with E-state index in [4.69, 9.17) is 0 Å². The molecule has 3 rings (SSSR count). The van der Waals surface area contributed by atoms with Gasteiger partial charge in [0, 0.05) is 18.4 Å². The second kappa shape index (κ2) is 4.63. The van der Waals surface area contributed by atoms with E-state index in [-0.39, 0.29) is 5.82 Å². The molecule has 0 radical (unpaired) electrons. The zero-order valence-corrected chi connectivity index (χ0v) is 10.7. The van der Waals surface area contributed by atoms with E-state index in [9.17, 15) is 9.50 Å². The summed E-state index contributed by atoms with van der Waals surface area (Å²) in [5.41, 5.74) is 2.82. The maximum Gasteiger partial charge on any atom is 0.133 e. The van der Waals surface area contributed by atoms with Gasteiger partial charge in [0.1, 0.15) is 11.6 Å². The summed E-state index contributed by atoms with van der Waals surface area (Å²) in [6, 6.07) is 8.49. The molecule has 0 saturated carbocycles. The molecular formula is C15H15FN2O. The van der Waals surface area contributed by atoms with Gasteiger partial charge < -0.3 is 10.0 Å². The van der Waals surface area contributed by atoms with Gasteiger partial charge in [-0.3, -0.25) is 0 Å². The molecule has 0 bridgehead atoms. The van der Waals surface area contributed by atoms with Crippen molar-refractivity contribution in [1.82, 2.24) is 4.98 Å². The Morgan fingerprint density at radius 1 is 1.32 bits per heavy atom. The molecule has 0 spiro atoms. The fraction of sp³-hybridized carbons (Fsp3) is 0.267. The lowest BCUT2D eigenvalue weighted by Crippen LogP contribution is -2.15. The smallest absolute Gasteiger partial charge is 0.133 e. The quantitative estimate of drug-likeness (QED) is 0.899. The number of hydrogen-bond donors (Lipinski definition) is 1. The number of hydrogen-bond acceptors (Lipinski definition) is 3. The van der Waals surface area contributed by atoms with Crippen LogP contribution < -0.4 is 4.90 Å². The Balaban J connectivity index is 2.01. The first kappa shape index (κ1) is 12.1. The first-order chi connectivity index (χ1) is 9.15. The number of aliphatic hydroxyl groups excluding tert-OH is 1. The van der Waals surface area contributed by atoms with Gasteiger partial charge >= 0.3 is 0 Å². The predicted molar refractivity (Wildman–Crippen MR) is 72.0 cm³/mol. The van der Waals surface area contributed by atoms with Crippen LogP contribution in [-0.2, 0) is 6.42 Å². The number of nitrogens with zero attached hydrogens (tertiary/aromatic N) is 2. The number of aromatic nitrogens is 1. The highest BCUT2D eigenvalue weighted by Gasteiger charge is 2.22. The van der Waals surface area contributed by atoms with Gasteiger partial charge in [0.15, 0.2) is 0 Å². The normalized spacial score (nSPS) is 15.4. The summed E-state index contributed by atoms with van der Waals surface area (Å²) in [6.07, 6.45) is 2.03. The van der Waals surface area contributed by atoms with Crippen LogP contribution in [0.5, 0.6) is 0 Å². The van der Waals surface area contributed by atoms with Gasteiger partial charge in [0.05, 0.1) is 6.10 Å². The highest BCUT2D eigenvalue weighted by atomic mass is 19.1. The number of anilines is 2. The van der Waals surface area contributed by atoms with Crippen molar-refractivity contribution in [2.24, 2.45) is 0 Å². The van der Waals surface area contributed by atoms with Crippen molar-refractivity contribution in [2.45, 2.75) is 19.4 Å². The minimum absolute atomic E-state index is 0.239. The van der Waals surface area contributed by atoms with Crippen molar-refractivity contribution < 1.29 is 9.50 Å². The average molecular weight is 258 g/mol. The van der Waals surface area contributed by atoms with E-state index in [1.165, 1.54) is 6.07 Å². The fourth-order valence-electron chi connectivity index (χ4n) is 2.43. The molecule has 0 fully saturated rings. The van der Waals surface area contributed by atoms with Crippen LogP contribution >= 0.6 is 0 Å². The Hall–Kier alpha value is -1.94. The summed E-state index contributed by atoms with van der Waals surface area (Å²) in [5.74, 6) is 0.514. The molecular weight excluding hydrogens is 243 g/mol. The van der Waals surface area contributed by atoms with E-state index in [2.05, 4.69) is 4.98 Å². The molecule has 4 heteroatoms. The molecule has 0 saturated heterocycles. The number of fused-ring (bicyclic) bond motifs is 1. The standard InChI is InChI=1S/C15H15FN2O/c1-10(19)12-4-6-17-15(8-12)18-7-5-11-2-3-13(16)9-14(11)18/h2-4,6,8-10,19H,5,7H2,1H3/t10-/m0/s1. The van der Waals surface area contributed by atoms with Crippen molar-refractivity contribution in [3.8, 4) is 0 Å². The third kappa shape index (κ3) is 2.19. The maximum atomic E-state index is 13.4. The third-order valence-electron chi connectivity index (χ3n) is 3.47.